The van der Waals surface area contributed by atoms with E-state index in [2.05, 4.69) is 5.32 Å². The molecule has 0 spiro atoms. The molecule has 0 saturated carbocycles. The number of carbonyl (C=O) groups is 2. The van der Waals surface area contributed by atoms with Crippen LogP contribution in [0.15, 0.2) is 0 Å². The van der Waals surface area contributed by atoms with Crippen molar-refractivity contribution in [3.63, 3.8) is 0 Å². The quantitative estimate of drug-likeness (QED) is 0.862. The summed E-state index contributed by atoms with van der Waals surface area (Å²) in [7, 11) is 0. The fourth-order valence-corrected chi connectivity index (χ4v) is 3.58. The maximum atomic E-state index is 12.3. The first-order valence-electron chi connectivity index (χ1n) is 7.51. The zero-order chi connectivity index (χ0) is 16.3. The smallest absolute Gasteiger partial charge is 0.341 e. The van der Waals surface area contributed by atoms with E-state index in [1.165, 1.54) is 11.3 Å². The predicted octanol–water partition coefficient (Wildman–Crippen LogP) is 3.37. The molecule has 2 heterocycles. The van der Waals surface area contributed by atoms with Crippen molar-refractivity contribution >= 4 is 28.2 Å². The van der Waals surface area contributed by atoms with Gasteiger partial charge in [0.05, 0.1) is 25.4 Å². The summed E-state index contributed by atoms with van der Waals surface area (Å²) in [6, 6.07) is 0. The molecule has 1 aliphatic heterocycles. The van der Waals surface area contributed by atoms with Crippen LogP contribution >= 0.6 is 11.3 Å². The molecule has 5 nitrogen and oxygen atoms in total. The Morgan fingerprint density at radius 1 is 1.36 bits per heavy atom. The summed E-state index contributed by atoms with van der Waals surface area (Å²) in [4.78, 5) is 25.4. The van der Waals surface area contributed by atoms with Gasteiger partial charge in [0.25, 0.3) is 0 Å². The fraction of sp³-hybridized carbons (Fsp3) is 0.625. The highest BCUT2D eigenvalue weighted by Gasteiger charge is 2.28. The zero-order valence-electron chi connectivity index (χ0n) is 13.6. The molecule has 1 aromatic rings. The molecular formula is C16H23NO4S. The summed E-state index contributed by atoms with van der Waals surface area (Å²) in [5, 5.41) is 3.47. The molecule has 22 heavy (non-hydrogen) atoms. The Morgan fingerprint density at radius 3 is 2.73 bits per heavy atom. The summed E-state index contributed by atoms with van der Waals surface area (Å²) < 4.78 is 10.6. The van der Waals surface area contributed by atoms with Gasteiger partial charge in [0.15, 0.2) is 0 Å². The zero-order valence-corrected chi connectivity index (χ0v) is 14.4. The minimum absolute atomic E-state index is 0.0856. The van der Waals surface area contributed by atoms with Crippen LogP contribution in [-0.2, 0) is 27.3 Å². The third-order valence-corrected chi connectivity index (χ3v) is 4.36. The standard InChI is InChI=1S/C16H23NO4S/c1-5-21-15(19)13-10-6-7-20-9-11(10)22-14(13)17-12(18)8-16(2,3)4/h5-9H2,1-4H3,(H,17,18). The molecule has 122 valence electrons. The molecular weight excluding hydrogens is 302 g/mol. The van der Waals surface area contributed by atoms with Gasteiger partial charge in [-0.05, 0) is 24.3 Å². The van der Waals surface area contributed by atoms with Crippen LogP contribution in [0.4, 0.5) is 5.00 Å². The third-order valence-electron chi connectivity index (χ3n) is 3.24. The van der Waals surface area contributed by atoms with Crippen LogP contribution in [0.5, 0.6) is 0 Å². The van der Waals surface area contributed by atoms with Crippen LogP contribution in [-0.4, -0.2) is 25.1 Å². The molecule has 0 atom stereocenters. The molecule has 0 aliphatic carbocycles. The Labute approximate surface area is 135 Å². The van der Waals surface area contributed by atoms with Crippen molar-refractivity contribution in [2.45, 2.75) is 47.1 Å². The Bertz CT molecular complexity index is 571. The van der Waals surface area contributed by atoms with E-state index in [0.717, 1.165) is 10.4 Å². The van der Waals surface area contributed by atoms with E-state index in [0.29, 0.717) is 43.2 Å². The first-order valence-corrected chi connectivity index (χ1v) is 8.32. The highest BCUT2D eigenvalue weighted by atomic mass is 32.1. The summed E-state index contributed by atoms with van der Waals surface area (Å²) >= 11 is 1.41. The molecule has 0 bridgehead atoms. The summed E-state index contributed by atoms with van der Waals surface area (Å²) in [5.41, 5.74) is 1.36. The number of rotatable bonds is 4. The van der Waals surface area contributed by atoms with Gasteiger partial charge in [-0.1, -0.05) is 20.8 Å². The average molecular weight is 325 g/mol. The number of ether oxygens (including phenoxy) is 2. The maximum absolute atomic E-state index is 12.3. The number of nitrogens with one attached hydrogen (secondary N) is 1. The van der Waals surface area contributed by atoms with Crippen LogP contribution in [0.2, 0.25) is 0 Å². The van der Waals surface area contributed by atoms with Crippen LogP contribution in [0.25, 0.3) is 0 Å². The number of thiophene rings is 1. The molecule has 0 saturated heterocycles. The second-order valence-electron chi connectivity index (χ2n) is 6.52. The fourth-order valence-electron chi connectivity index (χ4n) is 2.39. The molecule has 1 N–H and O–H groups in total. The van der Waals surface area contributed by atoms with Crippen LogP contribution in [0, 0.1) is 5.41 Å². The number of amides is 1. The number of anilines is 1. The topological polar surface area (TPSA) is 64.6 Å². The van der Waals surface area contributed by atoms with E-state index in [4.69, 9.17) is 9.47 Å². The van der Waals surface area contributed by atoms with E-state index >= 15 is 0 Å². The minimum Gasteiger partial charge on any atom is -0.462 e. The number of hydrogen-bond donors (Lipinski definition) is 1. The molecule has 2 rings (SSSR count). The van der Waals surface area contributed by atoms with E-state index in [-0.39, 0.29) is 17.3 Å². The molecule has 6 heteroatoms. The SMILES string of the molecule is CCOC(=O)c1c(NC(=O)CC(C)(C)C)sc2c1CCOC2. The minimum atomic E-state index is -0.368. The van der Waals surface area contributed by atoms with Gasteiger partial charge in [0.1, 0.15) is 5.00 Å². The van der Waals surface area contributed by atoms with Gasteiger partial charge in [0, 0.05) is 11.3 Å². The van der Waals surface area contributed by atoms with Crippen molar-refractivity contribution in [3.8, 4) is 0 Å². The van der Waals surface area contributed by atoms with Gasteiger partial charge in [-0.3, -0.25) is 4.79 Å². The van der Waals surface area contributed by atoms with Crippen molar-refractivity contribution in [2.24, 2.45) is 5.41 Å². The maximum Gasteiger partial charge on any atom is 0.341 e. The van der Waals surface area contributed by atoms with Gasteiger partial charge >= 0.3 is 5.97 Å². The van der Waals surface area contributed by atoms with Crippen molar-refractivity contribution < 1.29 is 19.1 Å². The highest BCUT2D eigenvalue weighted by Crippen LogP contribution is 2.37. The van der Waals surface area contributed by atoms with Crippen molar-refractivity contribution in [2.75, 3.05) is 18.5 Å². The second kappa shape index (κ2) is 6.79. The molecule has 1 aliphatic rings. The second-order valence-corrected chi connectivity index (χ2v) is 7.62. The van der Waals surface area contributed by atoms with Crippen LogP contribution in [0.3, 0.4) is 0 Å². The molecule has 1 aromatic heterocycles. The lowest BCUT2D eigenvalue weighted by atomic mass is 9.92. The molecule has 0 radical (unpaired) electrons. The van der Waals surface area contributed by atoms with Crippen LogP contribution in [0.1, 0.15) is 54.9 Å². The van der Waals surface area contributed by atoms with Gasteiger partial charge in [0.2, 0.25) is 5.91 Å². The van der Waals surface area contributed by atoms with Crippen molar-refractivity contribution in [3.05, 3.63) is 16.0 Å². The number of carbonyl (C=O) groups excluding carboxylic acids is 2. The molecule has 0 unspecified atom stereocenters. The molecule has 1 amide bonds. The number of esters is 1. The Hall–Kier alpha value is -1.40. The Balaban J connectivity index is 2.28. The molecule has 0 aromatic carbocycles. The van der Waals surface area contributed by atoms with Crippen LogP contribution < -0.4 is 5.32 Å². The summed E-state index contributed by atoms with van der Waals surface area (Å²) in [5.74, 6) is -0.453. The van der Waals surface area contributed by atoms with E-state index < -0.39 is 0 Å². The summed E-state index contributed by atoms with van der Waals surface area (Å²) in [6.07, 6.45) is 1.07. The molecule has 0 fully saturated rings. The van der Waals surface area contributed by atoms with E-state index in [1.54, 1.807) is 6.92 Å². The Morgan fingerprint density at radius 2 is 2.09 bits per heavy atom. The monoisotopic (exact) mass is 325 g/mol. The average Bonchev–Trinajstić information content (AvgIpc) is 2.74. The predicted molar refractivity (Wildman–Crippen MR) is 86.3 cm³/mol. The lowest BCUT2D eigenvalue weighted by molar-refractivity contribution is -0.117. The first kappa shape index (κ1) is 17.0. The number of hydrogen-bond acceptors (Lipinski definition) is 5. The lowest BCUT2D eigenvalue weighted by Gasteiger charge is -2.17. The lowest BCUT2D eigenvalue weighted by Crippen LogP contribution is -2.21. The summed E-state index contributed by atoms with van der Waals surface area (Å²) in [6.45, 7) is 9.18. The van der Waals surface area contributed by atoms with Gasteiger partial charge in [-0.25, -0.2) is 4.79 Å². The Kier molecular flexibility index (Phi) is 5.24. The highest BCUT2D eigenvalue weighted by molar-refractivity contribution is 7.17. The van der Waals surface area contributed by atoms with Gasteiger partial charge in [-0.15, -0.1) is 11.3 Å². The van der Waals surface area contributed by atoms with Crippen molar-refractivity contribution in [1.82, 2.24) is 0 Å². The first-order chi connectivity index (χ1) is 10.3. The van der Waals surface area contributed by atoms with Gasteiger partial charge < -0.3 is 14.8 Å². The van der Waals surface area contributed by atoms with Gasteiger partial charge in [-0.2, -0.15) is 0 Å². The van der Waals surface area contributed by atoms with E-state index in [9.17, 15) is 9.59 Å². The third kappa shape index (κ3) is 4.08. The van der Waals surface area contributed by atoms with E-state index in [1.807, 2.05) is 20.8 Å². The normalized spacial score (nSPS) is 14.4. The largest absolute Gasteiger partial charge is 0.462 e. The van der Waals surface area contributed by atoms with Crippen molar-refractivity contribution in [1.29, 1.82) is 0 Å². The number of fused-ring (bicyclic) bond motifs is 1.